The highest BCUT2D eigenvalue weighted by molar-refractivity contribution is 7.90. The predicted molar refractivity (Wildman–Crippen MR) is 104 cm³/mol. The van der Waals surface area contributed by atoms with Crippen LogP contribution in [0.4, 0.5) is 10.5 Å². The highest BCUT2D eigenvalue weighted by Crippen LogP contribution is 2.38. The molecule has 6 nitrogen and oxygen atoms in total. The Labute approximate surface area is 156 Å². The minimum Gasteiger partial charge on any atom is -0.317 e. The Morgan fingerprint density at radius 2 is 1.69 bits per heavy atom. The second kappa shape index (κ2) is 8.39. The molecule has 0 aliphatic heterocycles. The molecule has 0 spiro atoms. The number of urea groups is 1. The molecule has 144 valence electrons. The van der Waals surface area contributed by atoms with Crippen molar-refractivity contribution in [2.45, 2.75) is 58.3 Å². The lowest BCUT2D eigenvalue weighted by molar-refractivity contribution is 0.256. The van der Waals surface area contributed by atoms with Crippen LogP contribution in [0.15, 0.2) is 6.07 Å². The molecule has 0 unspecified atom stereocenters. The molecule has 1 aromatic carbocycles. The van der Waals surface area contributed by atoms with Crippen LogP contribution in [-0.2, 0) is 35.7 Å². The van der Waals surface area contributed by atoms with Crippen molar-refractivity contribution in [1.29, 1.82) is 0 Å². The van der Waals surface area contributed by atoms with Crippen molar-refractivity contribution in [3.05, 3.63) is 28.3 Å². The molecule has 2 aliphatic rings. The molecule has 0 saturated heterocycles. The molecular formula is C19H29N3O3S. The Kier molecular flexibility index (Phi) is 6.19. The molecule has 0 atom stereocenters. The summed E-state index contributed by atoms with van der Waals surface area (Å²) in [5, 5.41) is 6.03. The number of carbonyl (C=O) groups is 1. The third kappa shape index (κ3) is 4.57. The van der Waals surface area contributed by atoms with Gasteiger partial charge in [-0.15, -0.1) is 0 Å². The second-order valence-corrected chi connectivity index (χ2v) is 9.05. The van der Waals surface area contributed by atoms with Crippen LogP contribution in [0, 0.1) is 0 Å². The van der Waals surface area contributed by atoms with Crippen molar-refractivity contribution >= 4 is 21.7 Å². The van der Waals surface area contributed by atoms with Gasteiger partial charge in [-0.3, -0.25) is 0 Å². The molecule has 0 saturated carbocycles. The summed E-state index contributed by atoms with van der Waals surface area (Å²) >= 11 is 0. The summed E-state index contributed by atoms with van der Waals surface area (Å²) in [5.74, 6) is -0.0534. The van der Waals surface area contributed by atoms with Gasteiger partial charge in [0.25, 0.3) is 0 Å². The number of aryl methyl sites for hydroxylation is 2. The maximum Gasteiger partial charge on any atom is 0.332 e. The van der Waals surface area contributed by atoms with E-state index >= 15 is 0 Å². The number of nitrogens with one attached hydrogen (secondary N) is 3. The molecule has 3 rings (SSSR count). The first-order valence-electron chi connectivity index (χ1n) is 9.69. The van der Waals surface area contributed by atoms with Crippen molar-refractivity contribution in [3.8, 4) is 0 Å². The minimum absolute atomic E-state index is 0.0534. The molecule has 7 heteroatoms. The van der Waals surface area contributed by atoms with E-state index in [-0.39, 0.29) is 5.75 Å². The van der Waals surface area contributed by atoms with Gasteiger partial charge in [-0.05, 0) is 86.7 Å². The largest absolute Gasteiger partial charge is 0.332 e. The molecular weight excluding hydrogens is 350 g/mol. The zero-order valence-electron chi connectivity index (χ0n) is 15.5. The summed E-state index contributed by atoms with van der Waals surface area (Å²) in [6, 6.07) is 1.65. The molecule has 0 heterocycles. The predicted octanol–water partition coefficient (Wildman–Crippen LogP) is 2.51. The fourth-order valence-corrected chi connectivity index (χ4v) is 4.95. The quantitative estimate of drug-likeness (QED) is 0.606. The van der Waals surface area contributed by atoms with Gasteiger partial charge in [0.2, 0.25) is 10.0 Å². The molecule has 0 radical (unpaired) electrons. The number of sulfonamides is 1. The summed E-state index contributed by atoms with van der Waals surface area (Å²) in [6.45, 7) is 3.57. The van der Waals surface area contributed by atoms with E-state index in [1.54, 1.807) is 0 Å². The highest BCUT2D eigenvalue weighted by Gasteiger charge is 2.25. The number of amides is 2. The van der Waals surface area contributed by atoms with Crippen LogP contribution >= 0.6 is 0 Å². The third-order valence-electron chi connectivity index (χ3n) is 5.15. The van der Waals surface area contributed by atoms with Gasteiger partial charge in [0.1, 0.15) is 0 Å². The van der Waals surface area contributed by atoms with Crippen LogP contribution < -0.4 is 15.4 Å². The van der Waals surface area contributed by atoms with Gasteiger partial charge in [-0.2, -0.15) is 0 Å². The van der Waals surface area contributed by atoms with Crippen molar-refractivity contribution in [2.24, 2.45) is 0 Å². The van der Waals surface area contributed by atoms with Gasteiger partial charge < -0.3 is 10.6 Å². The van der Waals surface area contributed by atoms with E-state index in [0.717, 1.165) is 57.2 Å². The maximum absolute atomic E-state index is 12.3. The van der Waals surface area contributed by atoms with E-state index in [9.17, 15) is 13.2 Å². The topological polar surface area (TPSA) is 87.3 Å². The van der Waals surface area contributed by atoms with Gasteiger partial charge in [-0.25, -0.2) is 17.9 Å². The summed E-state index contributed by atoms with van der Waals surface area (Å²) in [7, 11) is -3.62. The lowest BCUT2D eigenvalue weighted by Crippen LogP contribution is -2.37. The Bertz CT molecular complexity index is 742. The zero-order chi connectivity index (χ0) is 18.6. The van der Waals surface area contributed by atoms with Crippen LogP contribution in [0.3, 0.4) is 0 Å². The van der Waals surface area contributed by atoms with Crippen LogP contribution in [-0.4, -0.2) is 33.3 Å². The first-order chi connectivity index (χ1) is 12.5. The molecule has 0 bridgehead atoms. The number of hydrogen-bond acceptors (Lipinski definition) is 4. The molecule has 3 N–H and O–H groups in total. The maximum atomic E-state index is 12.3. The summed E-state index contributed by atoms with van der Waals surface area (Å²) in [5.41, 5.74) is 5.88. The Morgan fingerprint density at radius 3 is 2.31 bits per heavy atom. The fraction of sp³-hybridized carbons (Fsp3) is 0.632. The fourth-order valence-electron chi connectivity index (χ4n) is 3.99. The standard InChI is InChI=1S/C19H29N3O3S/c1-2-10-20-11-5-12-26(24,25)22-19(23)21-18-16-8-3-6-14(16)13-15-7-4-9-17(15)18/h13,20H,2-12H2,1H3,(H2,21,22,23). The minimum atomic E-state index is -3.62. The second-order valence-electron chi connectivity index (χ2n) is 7.21. The van der Waals surface area contributed by atoms with Crippen molar-refractivity contribution in [3.63, 3.8) is 0 Å². The molecule has 2 aliphatic carbocycles. The number of fused-ring (bicyclic) bond motifs is 2. The van der Waals surface area contributed by atoms with Crippen LogP contribution in [0.5, 0.6) is 0 Å². The number of rotatable bonds is 8. The van der Waals surface area contributed by atoms with Gasteiger partial charge >= 0.3 is 6.03 Å². The van der Waals surface area contributed by atoms with E-state index in [0.29, 0.717) is 13.0 Å². The molecule has 0 fully saturated rings. The van der Waals surface area contributed by atoms with Crippen LogP contribution in [0.1, 0.15) is 54.9 Å². The van der Waals surface area contributed by atoms with E-state index in [1.807, 2.05) is 0 Å². The Balaban J connectivity index is 1.62. The van der Waals surface area contributed by atoms with E-state index in [4.69, 9.17) is 0 Å². The van der Waals surface area contributed by atoms with Crippen molar-refractivity contribution in [2.75, 3.05) is 24.2 Å². The Morgan fingerprint density at radius 1 is 1.04 bits per heavy atom. The van der Waals surface area contributed by atoms with E-state index in [1.165, 1.54) is 22.3 Å². The lowest BCUT2D eigenvalue weighted by Gasteiger charge is -2.16. The third-order valence-corrected chi connectivity index (χ3v) is 6.48. The van der Waals surface area contributed by atoms with Crippen molar-refractivity contribution < 1.29 is 13.2 Å². The van der Waals surface area contributed by atoms with Gasteiger partial charge in [0.15, 0.2) is 0 Å². The molecule has 26 heavy (non-hydrogen) atoms. The summed E-state index contributed by atoms with van der Waals surface area (Å²) in [6.07, 6.45) is 7.68. The smallest absolute Gasteiger partial charge is 0.317 e. The summed E-state index contributed by atoms with van der Waals surface area (Å²) < 4.78 is 26.4. The molecule has 0 aromatic heterocycles. The first kappa shape index (κ1) is 19.2. The van der Waals surface area contributed by atoms with Crippen LogP contribution in [0.2, 0.25) is 0 Å². The zero-order valence-corrected chi connectivity index (χ0v) is 16.3. The highest BCUT2D eigenvalue weighted by atomic mass is 32.2. The first-order valence-corrected chi connectivity index (χ1v) is 11.3. The number of carbonyl (C=O) groups excluding carboxylic acids is 1. The van der Waals surface area contributed by atoms with Gasteiger partial charge in [0, 0.05) is 5.69 Å². The number of benzene rings is 1. The van der Waals surface area contributed by atoms with Gasteiger partial charge in [0.05, 0.1) is 5.75 Å². The van der Waals surface area contributed by atoms with E-state index in [2.05, 4.69) is 28.3 Å². The number of hydrogen-bond donors (Lipinski definition) is 3. The monoisotopic (exact) mass is 379 g/mol. The normalized spacial score (nSPS) is 15.6. The average molecular weight is 380 g/mol. The van der Waals surface area contributed by atoms with Crippen LogP contribution in [0.25, 0.3) is 0 Å². The summed E-state index contributed by atoms with van der Waals surface area (Å²) in [4.78, 5) is 12.3. The van der Waals surface area contributed by atoms with E-state index < -0.39 is 16.1 Å². The van der Waals surface area contributed by atoms with Crippen molar-refractivity contribution in [1.82, 2.24) is 10.0 Å². The molecule has 1 aromatic rings. The van der Waals surface area contributed by atoms with Gasteiger partial charge in [-0.1, -0.05) is 13.0 Å². The lowest BCUT2D eigenvalue weighted by atomic mass is 9.99. The average Bonchev–Trinajstić information content (AvgIpc) is 3.22. The Hall–Kier alpha value is -1.60. The molecule has 2 amide bonds. The SMILES string of the molecule is CCCNCCCS(=O)(=O)NC(=O)Nc1c2c(cc3c1CCC3)CCC2. The number of anilines is 1.